The minimum Gasteiger partial charge on any atom is -0.384 e. The van der Waals surface area contributed by atoms with Crippen molar-refractivity contribution in [2.45, 2.75) is 32.3 Å². The molecular weight excluding hydrogens is 278 g/mol. The van der Waals surface area contributed by atoms with Crippen LogP contribution in [-0.2, 0) is 12.6 Å². The van der Waals surface area contributed by atoms with E-state index in [4.69, 9.17) is 0 Å². The number of carbonyl (C=O) groups excluding carboxylic acids is 1. The van der Waals surface area contributed by atoms with Gasteiger partial charge in [0.15, 0.2) is 0 Å². The van der Waals surface area contributed by atoms with Crippen molar-refractivity contribution in [2.24, 2.45) is 7.05 Å². The van der Waals surface area contributed by atoms with E-state index in [1.807, 2.05) is 37.4 Å². The minimum absolute atomic E-state index is 0.128. The zero-order chi connectivity index (χ0) is 16.3. The molecule has 1 atom stereocenters. The molecule has 0 aliphatic rings. The third-order valence-corrected chi connectivity index (χ3v) is 3.73. The van der Waals surface area contributed by atoms with Crippen LogP contribution in [0.3, 0.4) is 0 Å². The number of hydrogen-bond acceptors (Lipinski definition) is 3. The predicted octanol–water partition coefficient (Wildman–Crippen LogP) is 2.18. The molecule has 0 aliphatic heterocycles. The maximum absolute atomic E-state index is 12.2. The second kappa shape index (κ2) is 6.32. The minimum atomic E-state index is -1.12. The summed E-state index contributed by atoms with van der Waals surface area (Å²) in [6.07, 6.45) is 0. The van der Waals surface area contributed by atoms with Crippen molar-refractivity contribution in [3.63, 3.8) is 0 Å². The second-order valence-electron chi connectivity index (χ2n) is 6.06. The van der Waals surface area contributed by atoms with E-state index in [0.717, 1.165) is 11.3 Å². The first-order valence-electron chi connectivity index (χ1n) is 7.41. The quantitative estimate of drug-likeness (QED) is 0.889. The van der Waals surface area contributed by atoms with Crippen LogP contribution >= 0.6 is 0 Å². The van der Waals surface area contributed by atoms with E-state index in [1.54, 1.807) is 17.7 Å². The number of nitrogens with zero attached hydrogens (tertiary/aromatic N) is 2. The summed E-state index contributed by atoms with van der Waals surface area (Å²) >= 11 is 0. The van der Waals surface area contributed by atoms with Crippen LogP contribution in [0.25, 0.3) is 0 Å². The third-order valence-electron chi connectivity index (χ3n) is 3.73. The molecule has 0 bridgehead atoms. The average molecular weight is 301 g/mol. The first-order chi connectivity index (χ1) is 10.3. The van der Waals surface area contributed by atoms with Gasteiger partial charge < -0.3 is 10.4 Å². The molecule has 0 saturated heterocycles. The van der Waals surface area contributed by atoms with E-state index in [2.05, 4.69) is 24.3 Å². The fourth-order valence-electron chi connectivity index (χ4n) is 2.38. The van der Waals surface area contributed by atoms with Gasteiger partial charge in [-0.05, 0) is 24.5 Å². The Hall–Kier alpha value is -2.14. The fourth-order valence-corrected chi connectivity index (χ4v) is 2.38. The molecule has 0 spiro atoms. The van der Waals surface area contributed by atoms with Gasteiger partial charge in [-0.15, -0.1) is 0 Å². The van der Waals surface area contributed by atoms with E-state index in [9.17, 15) is 9.90 Å². The van der Waals surface area contributed by atoms with E-state index in [-0.39, 0.29) is 12.5 Å². The largest absolute Gasteiger partial charge is 0.384 e. The predicted molar refractivity (Wildman–Crippen MR) is 85.6 cm³/mol. The van der Waals surface area contributed by atoms with Gasteiger partial charge in [0.25, 0.3) is 5.91 Å². The second-order valence-corrected chi connectivity index (χ2v) is 6.06. The summed E-state index contributed by atoms with van der Waals surface area (Å²) in [6.45, 7) is 5.92. The normalized spacial score (nSPS) is 13.9. The van der Waals surface area contributed by atoms with E-state index >= 15 is 0 Å². The zero-order valence-electron chi connectivity index (χ0n) is 13.5. The van der Waals surface area contributed by atoms with Gasteiger partial charge in [0.2, 0.25) is 0 Å². The Morgan fingerprint density at radius 3 is 2.55 bits per heavy atom. The first-order valence-corrected chi connectivity index (χ1v) is 7.41. The Morgan fingerprint density at radius 2 is 2.00 bits per heavy atom. The van der Waals surface area contributed by atoms with Crippen molar-refractivity contribution in [2.75, 3.05) is 6.54 Å². The van der Waals surface area contributed by atoms with Gasteiger partial charge in [0, 0.05) is 12.7 Å². The van der Waals surface area contributed by atoms with Crippen molar-refractivity contribution in [1.82, 2.24) is 15.1 Å². The lowest BCUT2D eigenvalue weighted by Gasteiger charge is -2.23. The molecule has 0 radical (unpaired) electrons. The Labute approximate surface area is 131 Å². The molecule has 0 saturated carbocycles. The topological polar surface area (TPSA) is 67.2 Å². The highest BCUT2D eigenvalue weighted by Crippen LogP contribution is 2.19. The van der Waals surface area contributed by atoms with E-state index in [1.165, 1.54) is 0 Å². The molecule has 5 nitrogen and oxygen atoms in total. The number of aryl methyl sites for hydroxylation is 1. The van der Waals surface area contributed by atoms with Crippen LogP contribution in [0.1, 0.15) is 48.4 Å². The van der Waals surface area contributed by atoms with Gasteiger partial charge in [-0.25, -0.2) is 0 Å². The molecule has 0 aliphatic carbocycles. The van der Waals surface area contributed by atoms with Gasteiger partial charge >= 0.3 is 0 Å². The number of aromatic nitrogens is 2. The van der Waals surface area contributed by atoms with Crippen LogP contribution in [0.2, 0.25) is 0 Å². The van der Waals surface area contributed by atoms with Crippen LogP contribution in [0.5, 0.6) is 0 Å². The molecule has 1 heterocycles. The third kappa shape index (κ3) is 3.54. The maximum atomic E-state index is 12.2. The Morgan fingerprint density at radius 1 is 1.36 bits per heavy atom. The average Bonchev–Trinajstić information content (AvgIpc) is 2.88. The van der Waals surface area contributed by atoms with Crippen LogP contribution in [-0.4, -0.2) is 27.3 Å². The summed E-state index contributed by atoms with van der Waals surface area (Å²) in [6, 6.07) is 11.1. The molecule has 1 amide bonds. The Bertz CT molecular complexity index is 645. The van der Waals surface area contributed by atoms with Crippen LogP contribution < -0.4 is 5.32 Å². The monoisotopic (exact) mass is 301 g/mol. The highest BCUT2D eigenvalue weighted by Gasteiger charge is 2.24. The summed E-state index contributed by atoms with van der Waals surface area (Å²) in [7, 11) is 1.83. The van der Waals surface area contributed by atoms with Gasteiger partial charge in [-0.1, -0.05) is 44.2 Å². The number of amides is 1. The van der Waals surface area contributed by atoms with Crippen molar-refractivity contribution >= 4 is 5.91 Å². The number of aliphatic hydroxyl groups is 1. The standard InChI is InChI=1S/C17H23N3O2/c1-12(2)15-10-14(19-20(15)4)16(21)18-11-17(3,22)13-8-6-5-7-9-13/h5-10,12,22H,11H2,1-4H3,(H,18,21). The molecule has 118 valence electrons. The van der Waals surface area contributed by atoms with Crippen LogP contribution in [0, 0.1) is 0 Å². The molecule has 0 fully saturated rings. The number of nitrogens with one attached hydrogen (secondary N) is 1. The molecule has 1 unspecified atom stereocenters. The Balaban J connectivity index is 2.05. The molecule has 2 aromatic rings. The molecule has 5 heteroatoms. The van der Waals surface area contributed by atoms with Gasteiger partial charge in [-0.3, -0.25) is 9.48 Å². The van der Waals surface area contributed by atoms with Gasteiger partial charge in [0.1, 0.15) is 11.3 Å². The molecule has 1 aromatic carbocycles. The molecular formula is C17H23N3O2. The molecule has 1 aromatic heterocycles. The summed E-state index contributed by atoms with van der Waals surface area (Å²) < 4.78 is 1.72. The lowest BCUT2D eigenvalue weighted by Crippen LogP contribution is -2.38. The Kier molecular flexibility index (Phi) is 4.66. The number of rotatable bonds is 5. The highest BCUT2D eigenvalue weighted by atomic mass is 16.3. The maximum Gasteiger partial charge on any atom is 0.271 e. The van der Waals surface area contributed by atoms with Gasteiger partial charge in [-0.2, -0.15) is 5.10 Å². The highest BCUT2D eigenvalue weighted by molar-refractivity contribution is 5.92. The molecule has 2 rings (SSSR count). The number of hydrogen-bond donors (Lipinski definition) is 2. The molecule has 2 N–H and O–H groups in total. The van der Waals surface area contributed by atoms with Crippen molar-refractivity contribution in [1.29, 1.82) is 0 Å². The lowest BCUT2D eigenvalue weighted by molar-refractivity contribution is 0.0525. The van der Waals surface area contributed by atoms with E-state index in [0.29, 0.717) is 11.6 Å². The summed E-state index contributed by atoms with van der Waals surface area (Å²) in [5, 5.41) is 17.5. The summed E-state index contributed by atoms with van der Waals surface area (Å²) in [5.41, 5.74) is 1.02. The van der Waals surface area contributed by atoms with Crippen molar-refractivity contribution < 1.29 is 9.90 Å². The summed E-state index contributed by atoms with van der Waals surface area (Å²) in [5.74, 6) is 0.0187. The van der Waals surface area contributed by atoms with Gasteiger partial charge in [0.05, 0.1) is 6.54 Å². The first kappa shape index (κ1) is 16.2. The van der Waals surface area contributed by atoms with E-state index < -0.39 is 5.60 Å². The van der Waals surface area contributed by atoms with Crippen LogP contribution in [0.4, 0.5) is 0 Å². The fraction of sp³-hybridized carbons (Fsp3) is 0.412. The smallest absolute Gasteiger partial charge is 0.271 e. The molecule has 22 heavy (non-hydrogen) atoms. The zero-order valence-corrected chi connectivity index (χ0v) is 13.5. The number of benzene rings is 1. The number of carbonyl (C=O) groups is 1. The van der Waals surface area contributed by atoms with Crippen molar-refractivity contribution in [3.8, 4) is 0 Å². The SMILES string of the molecule is CC(C)c1cc(C(=O)NCC(C)(O)c2ccccc2)nn1C. The lowest BCUT2D eigenvalue weighted by atomic mass is 9.96. The van der Waals surface area contributed by atoms with Crippen LogP contribution in [0.15, 0.2) is 36.4 Å². The summed E-state index contributed by atoms with van der Waals surface area (Å²) in [4.78, 5) is 12.2. The van der Waals surface area contributed by atoms with Crippen molar-refractivity contribution in [3.05, 3.63) is 53.3 Å².